The van der Waals surface area contributed by atoms with E-state index in [9.17, 15) is 14.4 Å². The molecule has 35 heavy (non-hydrogen) atoms. The summed E-state index contributed by atoms with van der Waals surface area (Å²) in [6, 6.07) is 4.64. The van der Waals surface area contributed by atoms with Gasteiger partial charge in [0.05, 0.1) is 23.6 Å². The van der Waals surface area contributed by atoms with Crippen LogP contribution < -0.4 is 32.9 Å². The molecule has 14 nitrogen and oxygen atoms in total. The number of nitrogens with one attached hydrogen (secondary N) is 4. The number of aliphatic imine (C=N–C) groups is 1. The van der Waals surface area contributed by atoms with E-state index in [4.69, 9.17) is 16.7 Å². The van der Waals surface area contributed by atoms with Crippen molar-refractivity contribution in [3.05, 3.63) is 53.9 Å². The molecule has 0 aliphatic carbocycles. The van der Waals surface area contributed by atoms with Gasteiger partial charge in [-0.3, -0.25) is 19.6 Å². The van der Waals surface area contributed by atoms with Gasteiger partial charge in [0.25, 0.3) is 17.7 Å². The highest BCUT2D eigenvalue weighted by molar-refractivity contribution is 6.07. The van der Waals surface area contributed by atoms with Gasteiger partial charge in [0.2, 0.25) is 5.96 Å². The summed E-state index contributed by atoms with van der Waals surface area (Å²) in [4.78, 5) is 41.5. The number of amides is 3. The van der Waals surface area contributed by atoms with Crippen molar-refractivity contribution in [3.8, 4) is 0 Å². The second-order valence-electron chi connectivity index (χ2n) is 7.76. The van der Waals surface area contributed by atoms with Crippen molar-refractivity contribution < 1.29 is 19.6 Å². The number of hydrogen-bond donors (Lipinski definition) is 7. The average molecular weight is 485 g/mol. The first-order valence-corrected chi connectivity index (χ1v) is 10.4. The molecule has 9 N–H and O–H groups in total. The molecule has 0 saturated heterocycles. The molecule has 14 heteroatoms. The summed E-state index contributed by atoms with van der Waals surface area (Å²) in [6.07, 6.45) is 4.85. The number of aryl methyl sites for hydroxylation is 3. The molecule has 0 saturated carbocycles. The Kier molecular flexibility index (Phi) is 7.46. The number of aromatic nitrogens is 3. The van der Waals surface area contributed by atoms with Crippen LogP contribution in [0, 0.1) is 0 Å². The fraction of sp³-hybridized carbons (Fsp3) is 0.238. The van der Waals surface area contributed by atoms with E-state index in [0.29, 0.717) is 34.1 Å². The lowest BCUT2D eigenvalue weighted by atomic mass is 10.3. The smallest absolute Gasteiger partial charge is 0.272 e. The predicted octanol–water partition coefficient (Wildman–Crippen LogP) is -0.188. The summed E-state index contributed by atoms with van der Waals surface area (Å²) in [5, 5.41) is 16.7. The van der Waals surface area contributed by atoms with E-state index in [2.05, 4.69) is 20.9 Å². The van der Waals surface area contributed by atoms with E-state index in [0.717, 1.165) is 0 Å². The van der Waals surface area contributed by atoms with Crippen LogP contribution in [0.2, 0.25) is 0 Å². The molecule has 3 amide bonds. The zero-order chi connectivity index (χ0) is 25.7. The second-order valence-corrected chi connectivity index (χ2v) is 7.76. The second kappa shape index (κ2) is 10.5. The normalized spacial score (nSPS) is 11.3. The Hall–Kier alpha value is -4.72. The molecule has 0 fully saturated rings. The first kappa shape index (κ1) is 24.9. The minimum atomic E-state index is -0.421. The highest BCUT2D eigenvalue weighted by Crippen LogP contribution is 2.19. The number of hydroxylamine groups is 1. The van der Waals surface area contributed by atoms with Crippen molar-refractivity contribution >= 4 is 40.7 Å². The standard InChI is InChI=1S/C21H28N10O4/c1-29-9-12(22)6-15(29)19(33)26-14-8-17(31(3)11-14)20(34)27-13-7-16(30(2)10-13)18(32)24-4-5-25-21(23)28-35/h6-11,35H,4-5,22H2,1-3H3,(H,24,32)(H,26,33)(H,27,34)(H3,23,25,28). The number of hydrogen-bond acceptors (Lipinski definition) is 6. The van der Waals surface area contributed by atoms with Crippen molar-refractivity contribution in [1.29, 1.82) is 0 Å². The molecule has 3 aromatic heterocycles. The summed E-state index contributed by atoms with van der Waals surface area (Å²) in [5.74, 6) is -1.31. The monoisotopic (exact) mass is 484 g/mol. The average Bonchev–Trinajstić information content (AvgIpc) is 3.46. The van der Waals surface area contributed by atoms with Gasteiger partial charge < -0.3 is 41.1 Å². The summed E-state index contributed by atoms with van der Waals surface area (Å²) < 4.78 is 4.76. The molecule has 0 aliphatic heterocycles. The highest BCUT2D eigenvalue weighted by atomic mass is 16.5. The lowest BCUT2D eigenvalue weighted by Crippen LogP contribution is -2.31. The minimum Gasteiger partial charge on any atom is -0.397 e. The zero-order valence-corrected chi connectivity index (χ0v) is 19.5. The number of nitrogens with zero attached hydrogens (tertiary/aromatic N) is 4. The van der Waals surface area contributed by atoms with E-state index < -0.39 is 5.91 Å². The van der Waals surface area contributed by atoms with Crippen LogP contribution in [-0.2, 0) is 21.1 Å². The van der Waals surface area contributed by atoms with Crippen LogP contribution in [0.5, 0.6) is 0 Å². The maximum atomic E-state index is 12.8. The van der Waals surface area contributed by atoms with Crippen LogP contribution in [0.3, 0.4) is 0 Å². The van der Waals surface area contributed by atoms with Gasteiger partial charge in [0, 0.05) is 46.3 Å². The Morgan fingerprint density at radius 1 is 0.857 bits per heavy atom. The Bertz CT molecular complexity index is 1280. The van der Waals surface area contributed by atoms with E-state index in [1.807, 2.05) is 0 Å². The van der Waals surface area contributed by atoms with Crippen LogP contribution in [0.4, 0.5) is 17.1 Å². The Morgan fingerprint density at radius 2 is 1.34 bits per heavy atom. The van der Waals surface area contributed by atoms with Gasteiger partial charge in [0.15, 0.2) is 0 Å². The molecule has 0 radical (unpaired) electrons. The van der Waals surface area contributed by atoms with Crippen molar-refractivity contribution in [1.82, 2.24) is 24.5 Å². The fourth-order valence-corrected chi connectivity index (χ4v) is 3.40. The molecule has 0 atom stereocenters. The zero-order valence-electron chi connectivity index (χ0n) is 19.5. The van der Waals surface area contributed by atoms with Crippen molar-refractivity contribution in [2.45, 2.75) is 0 Å². The summed E-state index contributed by atoms with van der Waals surface area (Å²) in [5.41, 5.74) is 15.0. The van der Waals surface area contributed by atoms with Gasteiger partial charge in [-0.05, 0) is 18.2 Å². The number of nitrogens with two attached hydrogens (primary N) is 2. The summed E-state index contributed by atoms with van der Waals surface area (Å²) in [7, 11) is 5.06. The van der Waals surface area contributed by atoms with Gasteiger partial charge >= 0.3 is 0 Å². The molecule has 186 valence electrons. The van der Waals surface area contributed by atoms with Crippen LogP contribution >= 0.6 is 0 Å². The highest BCUT2D eigenvalue weighted by Gasteiger charge is 2.18. The van der Waals surface area contributed by atoms with Crippen molar-refractivity contribution in [2.24, 2.45) is 31.9 Å². The van der Waals surface area contributed by atoms with E-state index in [1.54, 1.807) is 71.0 Å². The third-order valence-corrected chi connectivity index (χ3v) is 5.04. The maximum absolute atomic E-state index is 12.8. The first-order chi connectivity index (χ1) is 16.6. The number of carbonyl (C=O) groups excluding carboxylic acids is 3. The first-order valence-electron chi connectivity index (χ1n) is 10.4. The van der Waals surface area contributed by atoms with Crippen LogP contribution in [0.25, 0.3) is 0 Å². The molecule has 0 unspecified atom stereocenters. The number of carbonyl (C=O) groups is 3. The van der Waals surface area contributed by atoms with Crippen molar-refractivity contribution in [3.63, 3.8) is 0 Å². The molecule has 3 rings (SSSR count). The van der Waals surface area contributed by atoms with Gasteiger partial charge in [0.1, 0.15) is 17.1 Å². The van der Waals surface area contributed by atoms with Gasteiger partial charge in [-0.2, -0.15) is 0 Å². The Morgan fingerprint density at radius 3 is 1.83 bits per heavy atom. The van der Waals surface area contributed by atoms with Gasteiger partial charge in [-0.1, -0.05) is 0 Å². The summed E-state index contributed by atoms with van der Waals surface area (Å²) in [6.45, 7) is 0.365. The van der Waals surface area contributed by atoms with Crippen LogP contribution in [0.15, 0.2) is 41.8 Å². The lowest BCUT2D eigenvalue weighted by Gasteiger charge is -2.04. The van der Waals surface area contributed by atoms with Gasteiger partial charge in [-0.25, -0.2) is 10.5 Å². The quantitative estimate of drug-likeness (QED) is 0.0994. The largest absolute Gasteiger partial charge is 0.397 e. The third kappa shape index (κ3) is 6.00. The fourth-order valence-electron chi connectivity index (χ4n) is 3.40. The molecule has 0 aliphatic rings. The topological polar surface area (TPSA) is 199 Å². The molecule has 3 aromatic rings. The SMILES string of the molecule is Cn1cc(NC(=O)c2cc(NC(=O)c3cc(N)cn3C)cn2C)cc1C(=O)NCCN=C(N)NO. The van der Waals surface area contributed by atoms with E-state index >= 15 is 0 Å². The van der Waals surface area contributed by atoms with Crippen LogP contribution in [-0.4, -0.2) is 55.7 Å². The molecular weight excluding hydrogens is 456 g/mol. The molecule has 3 heterocycles. The van der Waals surface area contributed by atoms with Crippen LogP contribution in [0.1, 0.15) is 31.5 Å². The third-order valence-electron chi connectivity index (χ3n) is 5.04. The molecule has 0 bridgehead atoms. The lowest BCUT2D eigenvalue weighted by molar-refractivity contribution is 0.0945. The predicted molar refractivity (Wildman–Crippen MR) is 130 cm³/mol. The van der Waals surface area contributed by atoms with E-state index in [-0.39, 0.29) is 30.9 Å². The number of guanidine groups is 1. The maximum Gasteiger partial charge on any atom is 0.272 e. The number of rotatable bonds is 8. The molecular formula is C21H28N10O4. The Balaban J connectivity index is 1.63. The minimum absolute atomic E-state index is 0.156. The Labute approximate surface area is 200 Å². The summed E-state index contributed by atoms with van der Waals surface area (Å²) >= 11 is 0. The molecule has 0 spiro atoms. The number of anilines is 3. The van der Waals surface area contributed by atoms with E-state index in [1.165, 1.54) is 6.07 Å². The van der Waals surface area contributed by atoms with Gasteiger partial charge in [-0.15, -0.1) is 0 Å². The molecule has 0 aromatic carbocycles. The number of nitrogen functional groups attached to an aromatic ring is 1. The van der Waals surface area contributed by atoms with Crippen molar-refractivity contribution in [2.75, 3.05) is 29.5 Å².